The molecule has 1 saturated carbocycles. The fourth-order valence-corrected chi connectivity index (χ4v) is 5.57. The smallest absolute Gasteiger partial charge is 0.227 e. The van der Waals surface area contributed by atoms with Crippen molar-refractivity contribution in [3.63, 3.8) is 0 Å². The zero-order valence-electron chi connectivity index (χ0n) is 21.3. The number of hydrogen-bond donors (Lipinski definition) is 1. The molecule has 7 heteroatoms. The number of rotatable bonds is 5. The molecule has 1 saturated heterocycles. The van der Waals surface area contributed by atoms with Crippen molar-refractivity contribution in [2.24, 2.45) is 0 Å². The third kappa shape index (κ3) is 4.77. The largest absolute Gasteiger partial charge is 0.377 e. The summed E-state index contributed by atoms with van der Waals surface area (Å²) in [6.45, 7) is 7.06. The second-order valence-corrected chi connectivity index (χ2v) is 10.1. The SMILES string of the molecule is CC(=O)N1CCN(c2ccc(Nc3ncc4c(C)cc(N(C)C)c(C5CCCC5)c4n3)cc2)CC1. The molecule has 0 unspecified atom stereocenters. The van der Waals surface area contributed by atoms with Gasteiger partial charge in [0.1, 0.15) is 0 Å². The highest BCUT2D eigenvalue weighted by molar-refractivity contribution is 5.91. The van der Waals surface area contributed by atoms with E-state index in [1.165, 1.54) is 48.2 Å². The monoisotopic (exact) mass is 472 g/mol. The zero-order valence-corrected chi connectivity index (χ0v) is 21.3. The van der Waals surface area contributed by atoms with E-state index in [0.717, 1.165) is 42.8 Å². The quantitative estimate of drug-likeness (QED) is 0.559. The molecule has 1 aromatic heterocycles. The first-order valence-corrected chi connectivity index (χ1v) is 12.8. The maximum atomic E-state index is 11.6. The summed E-state index contributed by atoms with van der Waals surface area (Å²) in [5.74, 6) is 1.35. The molecular weight excluding hydrogens is 436 g/mol. The van der Waals surface area contributed by atoms with Crippen LogP contribution in [0.1, 0.15) is 49.7 Å². The molecule has 1 aliphatic heterocycles. The number of hydrogen-bond acceptors (Lipinski definition) is 6. The molecule has 7 nitrogen and oxygen atoms in total. The number of benzene rings is 2. The van der Waals surface area contributed by atoms with Crippen LogP contribution in [0, 0.1) is 6.92 Å². The Hall–Kier alpha value is -3.35. The second-order valence-electron chi connectivity index (χ2n) is 10.1. The van der Waals surface area contributed by atoms with Crippen LogP contribution in [0.2, 0.25) is 0 Å². The highest BCUT2D eigenvalue weighted by Crippen LogP contribution is 2.43. The number of carbonyl (C=O) groups excluding carboxylic acids is 1. The van der Waals surface area contributed by atoms with Crippen LogP contribution in [0.15, 0.2) is 36.5 Å². The molecule has 2 fully saturated rings. The predicted molar refractivity (Wildman–Crippen MR) is 144 cm³/mol. The van der Waals surface area contributed by atoms with Crippen molar-refractivity contribution in [1.82, 2.24) is 14.9 Å². The predicted octanol–water partition coefficient (Wildman–Crippen LogP) is 5.07. The molecule has 5 rings (SSSR count). The molecule has 1 amide bonds. The Balaban J connectivity index is 1.40. The van der Waals surface area contributed by atoms with Gasteiger partial charge in [0.25, 0.3) is 0 Å². The Bertz CT molecular complexity index is 1210. The molecule has 2 aromatic carbocycles. The van der Waals surface area contributed by atoms with Gasteiger partial charge in [-0.05, 0) is 61.6 Å². The van der Waals surface area contributed by atoms with E-state index in [4.69, 9.17) is 4.98 Å². The molecule has 0 bridgehead atoms. The maximum absolute atomic E-state index is 11.6. The third-order valence-electron chi connectivity index (χ3n) is 7.56. The van der Waals surface area contributed by atoms with E-state index in [-0.39, 0.29) is 5.91 Å². The van der Waals surface area contributed by atoms with Crippen molar-refractivity contribution in [2.45, 2.75) is 45.4 Å². The molecule has 0 spiro atoms. The molecule has 184 valence electrons. The minimum atomic E-state index is 0.156. The number of piperazine rings is 1. The molecule has 1 aliphatic carbocycles. The fourth-order valence-electron chi connectivity index (χ4n) is 5.57. The van der Waals surface area contributed by atoms with Crippen LogP contribution in [0.4, 0.5) is 23.0 Å². The standard InChI is InChI=1S/C28H36N6O/c1-19-17-25(32(3)4)26(21-7-5-6-8-21)27-24(19)18-29-28(31-27)30-22-9-11-23(12-10-22)34-15-13-33(14-16-34)20(2)35/h9-12,17-18,21H,5-8,13-16H2,1-4H3,(H,29,30,31). The van der Waals surface area contributed by atoms with E-state index in [1.807, 2.05) is 11.1 Å². The van der Waals surface area contributed by atoms with Gasteiger partial charge in [-0.3, -0.25) is 4.79 Å². The van der Waals surface area contributed by atoms with Gasteiger partial charge >= 0.3 is 0 Å². The summed E-state index contributed by atoms with van der Waals surface area (Å²) < 4.78 is 0. The van der Waals surface area contributed by atoms with Crippen molar-refractivity contribution < 1.29 is 4.79 Å². The van der Waals surface area contributed by atoms with Crippen LogP contribution in [-0.2, 0) is 4.79 Å². The van der Waals surface area contributed by atoms with Gasteiger partial charge < -0.3 is 20.0 Å². The van der Waals surface area contributed by atoms with Gasteiger partial charge in [0.05, 0.1) is 5.52 Å². The Labute approximate surface area is 208 Å². The number of nitrogens with one attached hydrogen (secondary N) is 1. The Morgan fingerprint density at radius 3 is 2.37 bits per heavy atom. The highest BCUT2D eigenvalue weighted by Gasteiger charge is 2.25. The number of aromatic nitrogens is 2. The molecule has 2 aliphatic rings. The van der Waals surface area contributed by atoms with Gasteiger partial charge in [0.15, 0.2) is 0 Å². The minimum Gasteiger partial charge on any atom is -0.377 e. The lowest BCUT2D eigenvalue weighted by Gasteiger charge is -2.35. The van der Waals surface area contributed by atoms with Gasteiger partial charge in [-0.15, -0.1) is 0 Å². The molecule has 35 heavy (non-hydrogen) atoms. The van der Waals surface area contributed by atoms with Crippen LogP contribution >= 0.6 is 0 Å². The first-order valence-electron chi connectivity index (χ1n) is 12.8. The topological polar surface area (TPSA) is 64.6 Å². The summed E-state index contributed by atoms with van der Waals surface area (Å²) >= 11 is 0. The lowest BCUT2D eigenvalue weighted by atomic mass is 9.91. The minimum absolute atomic E-state index is 0.156. The number of aryl methyl sites for hydroxylation is 1. The number of anilines is 4. The van der Waals surface area contributed by atoms with Crippen LogP contribution in [0.3, 0.4) is 0 Å². The average Bonchev–Trinajstić information content (AvgIpc) is 3.39. The second kappa shape index (κ2) is 9.72. The zero-order chi connectivity index (χ0) is 24.5. The summed E-state index contributed by atoms with van der Waals surface area (Å²) in [6, 6.07) is 10.7. The van der Waals surface area contributed by atoms with Crippen molar-refractivity contribution in [3.05, 3.63) is 47.7 Å². The number of amides is 1. The molecule has 2 heterocycles. The van der Waals surface area contributed by atoms with E-state index >= 15 is 0 Å². The summed E-state index contributed by atoms with van der Waals surface area (Å²) in [7, 11) is 4.25. The first kappa shape index (κ1) is 23.4. The Morgan fingerprint density at radius 1 is 1.06 bits per heavy atom. The molecule has 3 aromatic rings. The lowest BCUT2D eigenvalue weighted by Crippen LogP contribution is -2.48. The maximum Gasteiger partial charge on any atom is 0.227 e. The van der Waals surface area contributed by atoms with E-state index in [0.29, 0.717) is 11.9 Å². The number of nitrogens with zero attached hydrogens (tertiary/aromatic N) is 5. The van der Waals surface area contributed by atoms with E-state index in [9.17, 15) is 4.79 Å². The van der Waals surface area contributed by atoms with Crippen molar-refractivity contribution in [2.75, 3.05) is 55.4 Å². The normalized spacial score (nSPS) is 16.7. The van der Waals surface area contributed by atoms with Gasteiger partial charge in [-0.25, -0.2) is 9.97 Å². The average molecular weight is 473 g/mol. The first-order chi connectivity index (χ1) is 16.9. The highest BCUT2D eigenvalue weighted by atomic mass is 16.2. The molecule has 0 atom stereocenters. The Morgan fingerprint density at radius 2 is 1.74 bits per heavy atom. The van der Waals surface area contributed by atoms with Gasteiger partial charge in [-0.1, -0.05) is 12.8 Å². The van der Waals surface area contributed by atoms with Gasteiger partial charge in [-0.2, -0.15) is 0 Å². The van der Waals surface area contributed by atoms with E-state index in [2.05, 4.69) is 71.5 Å². The van der Waals surface area contributed by atoms with Gasteiger partial charge in [0, 0.05) is 81.4 Å². The van der Waals surface area contributed by atoms with E-state index < -0.39 is 0 Å². The summed E-state index contributed by atoms with van der Waals surface area (Å²) in [5.41, 5.74) is 7.09. The van der Waals surface area contributed by atoms with Crippen LogP contribution in [0.5, 0.6) is 0 Å². The fraction of sp³-hybridized carbons (Fsp3) is 0.464. The summed E-state index contributed by atoms with van der Waals surface area (Å²) in [5, 5.41) is 4.57. The number of fused-ring (bicyclic) bond motifs is 1. The number of carbonyl (C=O) groups is 1. The van der Waals surface area contributed by atoms with Crippen molar-refractivity contribution in [1.29, 1.82) is 0 Å². The third-order valence-corrected chi connectivity index (χ3v) is 7.56. The van der Waals surface area contributed by atoms with E-state index in [1.54, 1.807) is 6.92 Å². The summed E-state index contributed by atoms with van der Waals surface area (Å²) in [4.78, 5) is 27.8. The van der Waals surface area contributed by atoms with Crippen LogP contribution in [-0.4, -0.2) is 61.0 Å². The van der Waals surface area contributed by atoms with Crippen molar-refractivity contribution >= 4 is 39.8 Å². The lowest BCUT2D eigenvalue weighted by molar-refractivity contribution is -0.129. The van der Waals surface area contributed by atoms with Crippen molar-refractivity contribution in [3.8, 4) is 0 Å². The van der Waals surface area contributed by atoms with Crippen LogP contribution < -0.4 is 15.1 Å². The molecular formula is C28H36N6O. The van der Waals surface area contributed by atoms with Gasteiger partial charge in [0.2, 0.25) is 11.9 Å². The summed E-state index contributed by atoms with van der Waals surface area (Å²) in [6.07, 6.45) is 7.01. The Kier molecular flexibility index (Phi) is 6.50. The van der Waals surface area contributed by atoms with Crippen LogP contribution in [0.25, 0.3) is 10.9 Å². The molecule has 0 radical (unpaired) electrons. The molecule has 1 N–H and O–H groups in total.